The second-order valence-electron chi connectivity index (χ2n) is 7.42. The van der Waals surface area contributed by atoms with Crippen LogP contribution >= 0.6 is 0 Å². The van der Waals surface area contributed by atoms with Gasteiger partial charge in [0.1, 0.15) is 17.4 Å². The predicted octanol–water partition coefficient (Wildman–Crippen LogP) is 3.88. The SMILES string of the molecule is COCCNS(=O)(=O)c1ccc(C(=O)NC(c2ccccc2)c2cc3ccccc3o2)cc1. The lowest BCUT2D eigenvalue weighted by molar-refractivity contribution is 0.0939. The number of nitrogens with one attached hydrogen (secondary N) is 2. The molecular formula is C25H24N2O5S. The average Bonchev–Trinajstić information content (AvgIpc) is 3.27. The van der Waals surface area contributed by atoms with E-state index >= 15 is 0 Å². The molecule has 0 spiro atoms. The number of para-hydroxylation sites is 1. The summed E-state index contributed by atoms with van der Waals surface area (Å²) in [5.74, 6) is 0.262. The van der Waals surface area contributed by atoms with Gasteiger partial charge in [0.2, 0.25) is 10.0 Å². The maximum Gasteiger partial charge on any atom is 0.252 e. The van der Waals surface area contributed by atoms with E-state index < -0.39 is 16.1 Å². The molecule has 0 aliphatic rings. The van der Waals surface area contributed by atoms with Gasteiger partial charge in [0, 0.05) is 24.6 Å². The van der Waals surface area contributed by atoms with Crippen molar-refractivity contribution in [2.75, 3.05) is 20.3 Å². The van der Waals surface area contributed by atoms with Crippen LogP contribution < -0.4 is 10.0 Å². The molecule has 0 saturated heterocycles. The van der Waals surface area contributed by atoms with Gasteiger partial charge in [-0.15, -0.1) is 0 Å². The third-order valence-electron chi connectivity index (χ3n) is 5.16. The maximum atomic E-state index is 13.1. The number of benzene rings is 3. The molecule has 7 nitrogen and oxygen atoms in total. The fourth-order valence-corrected chi connectivity index (χ4v) is 4.48. The number of furan rings is 1. The Morgan fingerprint density at radius 3 is 2.36 bits per heavy atom. The Hall–Kier alpha value is -3.46. The molecule has 0 aliphatic carbocycles. The van der Waals surface area contributed by atoms with E-state index in [4.69, 9.17) is 9.15 Å². The summed E-state index contributed by atoms with van der Waals surface area (Å²) in [6.07, 6.45) is 0. The molecule has 1 unspecified atom stereocenters. The zero-order chi connectivity index (χ0) is 23.3. The largest absolute Gasteiger partial charge is 0.459 e. The monoisotopic (exact) mass is 464 g/mol. The van der Waals surface area contributed by atoms with Crippen molar-refractivity contribution in [2.45, 2.75) is 10.9 Å². The molecule has 1 amide bonds. The minimum absolute atomic E-state index is 0.0760. The molecule has 4 rings (SSSR count). The fraction of sp³-hybridized carbons (Fsp3) is 0.160. The number of hydrogen-bond donors (Lipinski definition) is 2. The highest BCUT2D eigenvalue weighted by Crippen LogP contribution is 2.28. The second kappa shape index (κ2) is 9.99. The van der Waals surface area contributed by atoms with E-state index in [1.54, 1.807) is 0 Å². The standard InChI is InChI=1S/C25H24N2O5S/c1-31-16-15-26-33(29,30)21-13-11-19(12-14-21)25(28)27-24(18-7-3-2-4-8-18)23-17-20-9-5-6-10-22(20)32-23/h2-14,17,24,26H,15-16H2,1H3,(H,27,28). The number of carbonyl (C=O) groups excluding carboxylic acids is 1. The van der Waals surface area contributed by atoms with E-state index in [1.807, 2.05) is 60.7 Å². The Labute approximate surface area is 192 Å². The molecule has 0 aliphatic heterocycles. The highest BCUT2D eigenvalue weighted by Gasteiger charge is 2.22. The molecule has 0 radical (unpaired) electrons. The Balaban J connectivity index is 1.57. The molecule has 33 heavy (non-hydrogen) atoms. The molecule has 3 aromatic carbocycles. The van der Waals surface area contributed by atoms with E-state index in [-0.39, 0.29) is 24.0 Å². The number of amides is 1. The lowest BCUT2D eigenvalue weighted by Gasteiger charge is -2.17. The van der Waals surface area contributed by atoms with Crippen molar-refractivity contribution in [3.63, 3.8) is 0 Å². The third kappa shape index (κ3) is 5.31. The summed E-state index contributed by atoms with van der Waals surface area (Å²) in [6, 6.07) is 24.4. The van der Waals surface area contributed by atoms with Crippen LogP contribution in [0.5, 0.6) is 0 Å². The minimum atomic E-state index is -3.68. The van der Waals surface area contributed by atoms with Gasteiger partial charge in [-0.25, -0.2) is 13.1 Å². The molecule has 1 atom stereocenters. The van der Waals surface area contributed by atoms with E-state index in [0.29, 0.717) is 11.3 Å². The number of fused-ring (bicyclic) bond motifs is 1. The minimum Gasteiger partial charge on any atom is -0.459 e. The van der Waals surface area contributed by atoms with Gasteiger partial charge in [-0.2, -0.15) is 0 Å². The van der Waals surface area contributed by atoms with Gasteiger partial charge in [-0.1, -0.05) is 48.5 Å². The van der Waals surface area contributed by atoms with Crippen LogP contribution in [0.2, 0.25) is 0 Å². The lowest BCUT2D eigenvalue weighted by Crippen LogP contribution is -2.29. The van der Waals surface area contributed by atoms with Crippen molar-refractivity contribution < 1.29 is 22.4 Å². The van der Waals surface area contributed by atoms with E-state index in [9.17, 15) is 13.2 Å². The summed E-state index contributed by atoms with van der Waals surface area (Å²) < 4.78 is 38.0. The normalized spacial score (nSPS) is 12.5. The zero-order valence-electron chi connectivity index (χ0n) is 18.0. The van der Waals surface area contributed by atoms with E-state index in [0.717, 1.165) is 16.5 Å². The van der Waals surface area contributed by atoms with E-state index in [2.05, 4.69) is 10.0 Å². The van der Waals surface area contributed by atoms with Gasteiger partial charge < -0.3 is 14.5 Å². The Morgan fingerprint density at radius 2 is 1.67 bits per heavy atom. The average molecular weight is 465 g/mol. The van der Waals surface area contributed by atoms with E-state index in [1.165, 1.54) is 31.4 Å². The van der Waals surface area contributed by atoms with Crippen molar-refractivity contribution in [1.29, 1.82) is 0 Å². The van der Waals surface area contributed by atoms with Crippen molar-refractivity contribution in [1.82, 2.24) is 10.0 Å². The first-order valence-corrected chi connectivity index (χ1v) is 11.9. The summed E-state index contributed by atoms with van der Waals surface area (Å²) in [4.78, 5) is 13.1. The zero-order valence-corrected chi connectivity index (χ0v) is 18.8. The topological polar surface area (TPSA) is 97.6 Å². The van der Waals surface area contributed by atoms with Crippen LogP contribution in [0.1, 0.15) is 27.7 Å². The lowest BCUT2D eigenvalue weighted by atomic mass is 10.0. The smallest absolute Gasteiger partial charge is 0.252 e. The molecule has 0 fully saturated rings. The number of rotatable bonds is 9. The van der Waals surface area contributed by atoms with Crippen LogP contribution in [0.15, 0.2) is 94.2 Å². The number of methoxy groups -OCH3 is 1. The van der Waals surface area contributed by atoms with Crippen LogP contribution in [0.25, 0.3) is 11.0 Å². The summed E-state index contributed by atoms with van der Waals surface area (Å²) in [5.41, 5.74) is 1.94. The number of ether oxygens (including phenoxy) is 1. The number of carbonyl (C=O) groups is 1. The van der Waals surface area contributed by atoms with Gasteiger partial charge >= 0.3 is 0 Å². The van der Waals surface area contributed by atoms with Crippen molar-refractivity contribution >= 4 is 26.9 Å². The van der Waals surface area contributed by atoms with Gasteiger partial charge in [0.15, 0.2) is 0 Å². The summed E-state index contributed by atoms with van der Waals surface area (Å²) in [7, 11) is -2.18. The first kappa shape index (κ1) is 22.7. The van der Waals surface area contributed by atoms with Crippen molar-refractivity contribution in [2.24, 2.45) is 0 Å². The Morgan fingerprint density at radius 1 is 0.970 bits per heavy atom. The van der Waals surface area contributed by atoms with Crippen LogP contribution in [0.4, 0.5) is 0 Å². The van der Waals surface area contributed by atoms with Crippen molar-refractivity contribution in [3.05, 3.63) is 102 Å². The summed E-state index contributed by atoms with van der Waals surface area (Å²) in [6.45, 7) is 0.430. The first-order valence-electron chi connectivity index (χ1n) is 10.4. The number of sulfonamides is 1. The van der Waals surface area contributed by atoms with Crippen LogP contribution in [-0.2, 0) is 14.8 Å². The first-order chi connectivity index (χ1) is 16.0. The van der Waals surface area contributed by atoms with Gasteiger partial charge in [0.05, 0.1) is 11.5 Å². The molecule has 0 saturated carbocycles. The highest BCUT2D eigenvalue weighted by molar-refractivity contribution is 7.89. The van der Waals surface area contributed by atoms with Crippen LogP contribution in [-0.4, -0.2) is 34.6 Å². The number of hydrogen-bond acceptors (Lipinski definition) is 5. The molecule has 2 N–H and O–H groups in total. The highest BCUT2D eigenvalue weighted by atomic mass is 32.2. The van der Waals surface area contributed by atoms with Gasteiger partial charge in [-0.3, -0.25) is 4.79 Å². The predicted molar refractivity (Wildman–Crippen MR) is 125 cm³/mol. The quantitative estimate of drug-likeness (QED) is 0.367. The van der Waals surface area contributed by atoms with Crippen molar-refractivity contribution in [3.8, 4) is 0 Å². The fourth-order valence-electron chi connectivity index (χ4n) is 3.47. The van der Waals surface area contributed by atoms with Gasteiger partial charge in [-0.05, 0) is 42.0 Å². The Kier molecular flexibility index (Phi) is 6.88. The molecular weight excluding hydrogens is 440 g/mol. The molecule has 8 heteroatoms. The molecule has 170 valence electrons. The third-order valence-corrected chi connectivity index (χ3v) is 6.64. The molecule has 1 heterocycles. The molecule has 1 aromatic heterocycles. The second-order valence-corrected chi connectivity index (χ2v) is 9.19. The van der Waals surface area contributed by atoms with Crippen LogP contribution in [0.3, 0.4) is 0 Å². The Bertz CT molecular complexity index is 1300. The van der Waals surface area contributed by atoms with Crippen LogP contribution in [0, 0.1) is 0 Å². The summed E-state index contributed by atoms with van der Waals surface area (Å²) in [5, 5.41) is 3.96. The molecule has 4 aromatic rings. The molecule has 0 bridgehead atoms. The van der Waals surface area contributed by atoms with Gasteiger partial charge in [0.25, 0.3) is 5.91 Å². The summed E-state index contributed by atoms with van der Waals surface area (Å²) >= 11 is 0. The maximum absolute atomic E-state index is 13.1.